The van der Waals surface area contributed by atoms with Crippen molar-refractivity contribution in [3.05, 3.63) is 57.5 Å². The Labute approximate surface area is 156 Å². The third-order valence-electron chi connectivity index (χ3n) is 3.58. The molecule has 0 aliphatic heterocycles. The Morgan fingerprint density at radius 1 is 1.35 bits per heavy atom. The predicted octanol–water partition coefficient (Wildman–Crippen LogP) is 2.35. The summed E-state index contributed by atoms with van der Waals surface area (Å²) in [7, 11) is 0. The van der Waals surface area contributed by atoms with Gasteiger partial charge in [-0.2, -0.15) is 9.97 Å². The number of para-hydroxylation sites is 1. The van der Waals surface area contributed by atoms with Crippen LogP contribution < -0.4 is 5.56 Å². The number of ether oxygens (including phenoxy) is 1. The average molecular weight is 392 g/mol. The van der Waals surface area contributed by atoms with Crippen LogP contribution in [0.1, 0.15) is 17.3 Å². The number of esters is 1. The van der Waals surface area contributed by atoms with E-state index in [1.165, 1.54) is 17.0 Å². The van der Waals surface area contributed by atoms with Gasteiger partial charge in [0.05, 0.1) is 22.7 Å². The second kappa shape index (κ2) is 7.45. The minimum absolute atomic E-state index is 0.0570. The Bertz CT molecular complexity index is 1040. The number of carbonyl (C=O) groups excluding carboxylic acids is 1. The van der Waals surface area contributed by atoms with Gasteiger partial charge in [-0.25, -0.2) is 4.79 Å². The van der Waals surface area contributed by atoms with Crippen LogP contribution in [-0.2, 0) is 15.9 Å². The molecule has 0 radical (unpaired) electrons. The predicted molar refractivity (Wildman–Crippen MR) is 98.4 cm³/mol. The van der Waals surface area contributed by atoms with Crippen LogP contribution in [0.2, 0.25) is 5.02 Å². The fraction of sp³-hybridized carbons (Fsp3) is 0.176. The molecule has 9 heteroatoms. The van der Waals surface area contributed by atoms with Crippen LogP contribution in [0.3, 0.4) is 0 Å². The van der Waals surface area contributed by atoms with Gasteiger partial charge in [0.1, 0.15) is 11.8 Å². The van der Waals surface area contributed by atoms with Crippen LogP contribution >= 0.6 is 11.6 Å². The standard InChI is InChI=1S/C17H14ClN3O4S/c1-3-25-16(23)12-13(18)11-9-19-17(26(2)24)20-14(11)21(15(12)22)10-7-5-4-6-8-10/h4-9H,3H2,1-2H3. The molecule has 134 valence electrons. The first kappa shape index (κ1) is 18.4. The van der Waals surface area contributed by atoms with E-state index in [1.54, 1.807) is 37.3 Å². The summed E-state index contributed by atoms with van der Waals surface area (Å²) in [6.07, 6.45) is 2.78. The third-order valence-corrected chi connectivity index (χ3v) is 4.69. The monoisotopic (exact) mass is 391 g/mol. The Morgan fingerprint density at radius 2 is 2.04 bits per heavy atom. The van der Waals surface area contributed by atoms with Crippen LogP contribution in [0, 0.1) is 0 Å². The number of pyridine rings is 1. The van der Waals surface area contributed by atoms with E-state index < -0.39 is 22.7 Å². The zero-order valence-electron chi connectivity index (χ0n) is 13.9. The van der Waals surface area contributed by atoms with Crippen molar-refractivity contribution >= 4 is 39.8 Å². The van der Waals surface area contributed by atoms with Crippen molar-refractivity contribution in [3.8, 4) is 5.69 Å². The molecule has 0 bridgehead atoms. The van der Waals surface area contributed by atoms with Gasteiger partial charge in [0, 0.05) is 17.4 Å². The number of hydrogen-bond acceptors (Lipinski definition) is 6. The molecule has 0 saturated heterocycles. The Hall–Kier alpha value is -2.42. The maximum Gasteiger partial charge on any atom is 0.345 e. The van der Waals surface area contributed by atoms with Crippen molar-refractivity contribution in [1.29, 1.82) is 0 Å². The van der Waals surface area contributed by atoms with Gasteiger partial charge in [0.15, 0.2) is 5.65 Å². The van der Waals surface area contributed by atoms with E-state index in [1.807, 2.05) is 0 Å². The average Bonchev–Trinajstić information content (AvgIpc) is 2.62. The quantitative estimate of drug-likeness (QED) is 0.384. The molecule has 0 amide bonds. The molecule has 0 N–H and O–H groups in total. The molecule has 0 fully saturated rings. The molecule has 0 aliphatic rings. The van der Waals surface area contributed by atoms with Gasteiger partial charge in [0.2, 0.25) is 0 Å². The lowest BCUT2D eigenvalue weighted by molar-refractivity contribution is 0.0524. The second-order valence-electron chi connectivity index (χ2n) is 5.23. The van der Waals surface area contributed by atoms with Crippen molar-refractivity contribution in [2.45, 2.75) is 12.1 Å². The Kier molecular flexibility index (Phi) is 5.26. The second-order valence-corrected chi connectivity index (χ2v) is 6.88. The number of aromatic nitrogens is 3. The highest BCUT2D eigenvalue weighted by molar-refractivity contribution is 7.90. The largest absolute Gasteiger partial charge is 0.609 e. The van der Waals surface area contributed by atoms with Crippen LogP contribution in [0.4, 0.5) is 0 Å². The Morgan fingerprint density at radius 3 is 2.65 bits per heavy atom. The van der Waals surface area contributed by atoms with Gasteiger partial charge < -0.3 is 9.29 Å². The summed E-state index contributed by atoms with van der Waals surface area (Å²) in [5, 5.41) is 0.248. The molecule has 1 unspecified atom stereocenters. The Balaban J connectivity index is 2.45. The maximum absolute atomic E-state index is 13.0. The van der Waals surface area contributed by atoms with Crippen molar-refractivity contribution in [2.75, 3.05) is 12.9 Å². The topological polar surface area (TPSA) is 97.1 Å². The first-order valence-corrected chi connectivity index (χ1v) is 9.56. The van der Waals surface area contributed by atoms with Gasteiger partial charge in [-0.3, -0.25) is 9.36 Å². The molecular formula is C17H14ClN3O4S. The van der Waals surface area contributed by atoms with Crippen molar-refractivity contribution < 1.29 is 14.1 Å². The van der Waals surface area contributed by atoms with E-state index >= 15 is 0 Å². The molecule has 0 aliphatic carbocycles. The normalized spacial score (nSPS) is 12.2. The van der Waals surface area contributed by atoms with E-state index in [0.29, 0.717) is 5.69 Å². The van der Waals surface area contributed by atoms with E-state index in [4.69, 9.17) is 16.3 Å². The zero-order valence-corrected chi connectivity index (χ0v) is 15.5. The minimum atomic E-state index is -1.45. The fourth-order valence-electron chi connectivity index (χ4n) is 2.45. The number of rotatable bonds is 4. The molecule has 3 aromatic rings. The molecule has 26 heavy (non-hydrogen) atoms. The van der Waals surface area contributed by atoms with Crippen LogP contribution in [0.15, 0.2) is 46.5 Å². The SMILES string of the molecule is CCOC(=O)c1c(Cl)c2cnc([S+](C)[O-])nc2n(-c2ccccc2)c1=O. The summed E-state index contributed by atoms with van der Waals surface area (Å²) in [5.74, 6) is -0.822. The third kappa shape index (κ3) is 3.18. The molecule has 2 aromatic heterocycles. The van der Waals surface area contributed by atoms with Gasteiger partial charge in [-0.15, -0.1) is 0 Å². The molecular weight excluding hydrogens is 378 g/mol. The van der Waals surface area contributed by atoms with E-state index in [2.05, 4.69) is 9.97 Å². The molecule has 0 saturated carbocycles. The van der Waals surface area contributed by atoms with Gasteiger partial charge in [-0.1, -0.05) is 29.8 Å². The van der Waals surface area contributed by atoms with Crippen molar-refractivity contribution in [2.24, 2.45) is 0 Å². The van der Waals surface area contributed by atoms with E-state index in [0.717, 1.165) is 0 Å². The number of benzene rings is 1. The lowest BCUT2D eigenvalue weighted by atomic mass is 10.2. The van der Waals surface area contributed by atoms with Gasteiger partial charge >= 0.3 is 11.1 Å². The molecule has 0 spiro atoms. The van der Waals surface area contributed by atoms with E-state index in [-0.39, 0.29) is 33.4 Å². The molecule has 7 nitrogen and oxygen atoms in total. The smallest absolute Gasteiger partial charge is 0.345 e. The minimum Gasteiger partial charge on any atom is -0.609 e. The lowest BCUT2D eigenvalue weighted by Gasteiger charge is -2.14. The first-order valence-electron chi connectivity index (χ1n) is 7.63. The molecule has 1 atom stereocenters. The summed E-state index contributed by atoms with van der Waals surface area (Å²) < 4.78 is 18.0. The molecule has 2 heterocycles. The zero-order chi connectivity index (χ0) is 18.8. The maximum atomic E-state index is 13.0. The van der Waals surface area contributed by atoms with Gasteiger partial charge in [0.25, 0.3) is 5.56 Å². The summed E-state index contributed by atoms with van der Waals surface area (Å²) in [4.78, 5) is 33.6. The van der Waals surface area contributed by atoms with Crippen LogP contribution in [0.5, 0.6) is 0 Å². The number of fused-ring (bicyclic) bond motifs is 1. The fourth-order valence-corrected chi connectivity index (χ4v) is 3.16. The number of halogens is 1. The van der Waals surface area contributed by atoms with E-state index in [9.17, 15) is 14.1 Å². The summed E-state index contributed by atoms with van der Waals surface area (Å²) in [6.45, 7) is 1.73. The lowest BCUT2D eigenvalue weighted by Crippen LogP contribution is -2.28. The number of nitrogens with zero attached hydrogens (tertiary/aromatic N) is 3. The highest BCUT2D eigenvalue weighted by Gasteiger charge is 2.25. The molecule has 3 rings (SSSR count). The number of carbonyl (C=O) groups is 1. The summed E-state index contributed by atoms with van der Waals surface area (Å²) in [5.41, 5.74) is -0.312. The molecule has 1 aromatic carbocycles. The highest BCUT2D eigenvalue weighted by atomic mass is 35.5. The van der Waals surface area contributed by atoms with Crippen LogP contribution in [-0.4, -0.2) is 37.9 Å². The van der Waals surface area contributed by atoms with Gasteiger partial charge in [-0.05, 0) is 19.1 Å². The van der Waals surface area contributed by atoms with Crippen molar-refractivity contribution in [1.82, 2.24) is 14.5 Å². The highest BCUT2D eigenvalue weighted by Crippen LogP contribution is 2.26. The summed E-state index contributed by atoms with van der Waals surface area (Å²) >= 11 is 4.85. The van der Waals surface area contributed by atoms with Crippen LogP contribution in [0.25, 0.3) is 16.7 Å². The summed E-state index contributed by atoms with van der Waals surface area (Å²) in [6, 6.07) is 8.65. The van der Waals surface area contributed by atoms with Crippen molar-refractivity contribution in [3.63, 3.8) is 0 Å². The number of hydrogen-bond donors (Lipinski definition) is 0. The first-order chi connectivity index (χ1) is 12.5.